The summed E-state index contributed by atoms with van der Waals surface area (Å²) in [5.41, 5.74) is 1.62. The molecule has 1 fully saturated rings. The van der Waals surface area contributed by atoms with Crippen LogP contribution < -0.4 is 10.6 Å². The van der Waals surface area contributed by atoms with Gasteiger partial charge in [0.1, 0.15) is 11.6 Å². The van der Waals surface area contributed by atoms with Crippen molar-refractivity contribution in [3.05, 3.63) is 71.3 Å². The molecule has 0 aromatic heterocycles. The number of hydrogen-bond donors (Lipinski definition) is 2. The normalized spacial score (nSPS) is 20.8. The fourth-order valence-electron chi connectivity index (χ4n) is 3.65. The molecule has 0 bridgehead atoms. The molecule has 6 heteroatoms. The van der Waals surface area contributed by atoms with E-state index in [1.165, 1.54) is 11.6 Å². The summed E-state index contributed by atoms with van der Waals surface area (Å²) in [5, 5.41) is 6.51. The molecule has 28 heavy (non-hydrogen) atoms. The topological polar surface area (TPSA) is 39.7 Å². The predicted octanol–water partition coefficient (Wildman–Crippen LogP) is 3.68. The highest BCUT2D eigenvalue weighted by Gasteiger charge is 2.26. The van der Waals surface area contributed by atoms with Gasteiger partial charge in [-0.3, -0.25) is 9.89 Å². The Morgan fingerprint density at radius 2 is 1.96 bits per heavy atom. The lowest BCUT2D eigenvalue weighted by Gasteiger charge is -2.38. The van der Waals surface area contributed by atoms with E-state index in [4.69, 9.17) is 0 Å². The van der Waals surface area contributed by atoms with Gasteiger partial charge in [-0.05, 0) is 43.5 Å². The van der Waals surface area contributed by atoms with Gasteiger partial charge in [0.25, 0.3) is 0 Å². The predicted molar refractivity (Wildman–Crippen MR) is 109 cm³/mol. The number of rotatable bonds is 5. The molecule has 2 N–H and O–H groups in total. The Balaban J connectivity index is 1.50. The second-order valence-electron chi connectivity index (χ2n) is 7.33. The molecule has 1 saturated heterocycles. The Kier molecular flexibility index (Phi) is 6.98. The van der Waals surface area contributed by atoms with Crippen LogP contribution in [0.5, 0.6) is 0 Å². The average Bonchev–Trinajstić information content (AvgIpc) is 2.70. The molecule has 0 aliphatic carbocycles. The zero-order valence-electron chi connectivity index (χ0n) is 16.5. The van der Waals surface area contributed by atoms with Crippen molar-refractivity contribution in [2.45, 2.75) is 44.9 Å². The lowest BCUT2D eigenvalue weighted by molar-refractivity contribution is 0.134. The van der Waals surface area contributed by atoms with Gasteiger partial charge in [-0.15, -0.1) is 0 Å². The van der Waals surface area contributed by atoms with Crippen molar-refractivity contribution in [2.75, 3.05) is 13.6 Å². The third-order valence-electron chi connectivity index (χ3n) is 5.26. The van der Waals surface area contributed by atoms with Crippen LogP contribution in [0, 0.1) is 11.6 Å². The molecule has 0 amide bonds. The summed E-state index contributed by atoms with van der Waals surface area (Å²) in [6.45, 7) is 4.39. The third kappa shape index (κ3) is 5.52. The van der Waals surface area contributed by atoms with Crippen LogP contribution in [0.1, 0.15) is 30.9 Å². The molecular formula is C22H28F2N4. The molecule has 150 valence electrons. The highest BCUT2D eigenvalue weighted by molar-refractivity contribution is 5.79. The smallest absolute Gasteiger partial charge is 0.191 e. The Bertz CT molecular complexity index is 794. The Labute approximate surface area is 165 Å². The van der Waals surface area contributed by atoms with Crippen molar-refractivity contribution in [2.24, 2.45) is 4.99 Å². The summed E-state index contributed by atoms with van der Waals surface area (Å²) >= 11 is 0. The lowest BCUT2D eigenvalue weighted by atomic mass is 9.97. The van der Waals surface area contributed by atoms with Crippen LogP contribution in [-0.4, -0.2) is 36.5 Å². The van der Waals surface area contributed by atoms with E-state index < -0.39 is 11.6 Å². The van der Waals surface area contributed by atoms with Crippen LogP contribution in [0.4, 0.5) is 8.78 Å². The molecule has 2 atom stereocenters. The van der Waals surface area contributed by atoms with E-state index in [0.717, 1.165) is 38.1 Å². The van der Waals surface area contributed by atoms with Gasteiger partial charge in [-0.2, -0.15) is 0 Å². The van der Waals surface area contributed by atoms with Gasteiger partial charge in [-0.1, -0.05) is 30.3 Å². The third-order valence-corrected chi connectivity index (χ3v) is 5.26. The van der Waals surface area contributed by atoms with Crippen molar-refractivity contribution < 1.29 is 8.78 Å². The zero-order chi connectivity index (χ0) is 19.9. The minimum atomic E-state index is -0.444. The molecule has 0 spiro atoms. The first-order chi connectivity index (χ1) is 13.5. The number of guanidine groups is 1. The van der Waals surface area contributed by atoms with Crippen LogP contribution in [0.15, 0.2) is 53.5 Å². The SMILES string of the molecule is CN=C(NCc1cc(F)ccc1F)NC1CCN(Cc2ccccc2)C(C)C1. The number of hydrogen-bond acceptors (Lipinski definition) is 2. The van der Waals surface area contributed by atoms with E-state index in [1.807, 2.05) is 6.07 Å². The van der Waals surface area contributed by atoms with Crippen molar-refractivity contribution in [1.82, 2.24) is 15.5 Å². The molecule has 1 heterocycles. The van der Waals surface area contributed by atoms with Gasteiger partial charge < -0.3 is 10.6 Å². The van der Waals surface area contributed by atoms with E-state index in [9.17, 15) is 8.78 Å². The van der Waals surface area contributed by atoms with Gasteiger partial charge in [0, 0.05) is 44.3 Å². The molecule has 1 aliphatic rings. The van der Waals surface area contributed by atoms with E-state index in [0.29, 0.717) is 18.0 Å². The fourth-order valence-corrected chi connectivity index (χ4v) is 3.65. The quantitative estimate of drug-likeness (QED) is 0.608. The van der Waals surface area contributed by atoms with Crippen molar-refractivity contribution in [3.63, 3.8) is 0 Å². The van der Waals surface area contributed by atoms with Crippen LogP contribution in [0.2, 0.25) is 0 Å². The van der Waals surface area contributed by atoms with Gasteiger partial charge in [0.15, 0.2) is 5.96 Å². The summed E-state index contributed by atoms with van der Waals surface area (Å²) < 4.78 is 27.1. The number of benzene rings is 2. The first kappa shape index (κ1) is 20.3. The summed E-state index contributed by atoms with van der Waals surface area (Å²) in [6, 6.07) is 14.7. The first-order valence-electron chi connectivity index (χ1n) is 9.74. The number of piperidine rings is 1. The number of halogens is 2. The lowest BCUT2D eigenvalue weighted by Crippen LogP contribution is -2.51. The minimum Gasteiger partial charge on any atom is -0.354 e. The standard InChI is InChI=1S/C22H28F2N4/c1-16-12-20(10-11-28(16)15-17-6-4-3-5-7-17)27-22(25-2)26-14-18-13-19(23)8-9-21(18)24/h3-9,13,16,20H,10-12,14-15H2,1-2H3,(H2,25,26,27). The van der Waals surface area contributed by atoms with Crippen LogP contribution in [0.25, 0.3) is 0 Å². The molecule has 0 saturated carbocycles. The number of nitrogens with one attached hydrogen (secondary N) is 2. The highest BCUT2D eigenvalue weighted by Crippen LogP contribution is 2.20. The van der Waals surface area contributed by atoms with Crippen LogP contribution >= 0.6 is 0 Å². The van der Waals surface area contributed by atoms with E-state index in [1.54, 1.807) is 7.05 Å². The summed E-state index contributed by atoms with van der Waals surface area (Å²) in [5.74, 6) is -0.259. The molecule has 0 radical (unpaired) electrons. The molecule has 2 aromatic rings. The van der Waals surface area contributed by atoms with Crippen LogP contribution in [0.3, 0.4) is 0 Å². The number of likely N-dealkylation sites (tertiary alicyclic amines) is 1. The van der Waals surface area contributed by atoms with Gasteiger partial charge in [0.05, 0.1) is 0 Å². The minimum absolute atomic E-state index is 0.186. The summed E-state index contributed by atoms with van der Waals surface area (Å²) in [7, 11) is 1.69. The Morgan fingerprint density at radius 3 is 2.68 bits per heavy atom. The Morgan fingerprint density at radius 1 is 1.18 bits per heavy atom. The van der Waals surface area contributed by atoms with Gasteiger partial charge >= 0.3 is 0 Å². The van der Waals surface area contributed by atoms with E-state index >= 15 is 0 Å². The molecule has 3 rings (SSSR count). The van der Waals surface area contributed by atoms with Gasteiger partial charge in [-0.25, -0.2) is 8.78 Å². The molecule has 1 aliphatic heterocycles. The first-order valence-corrected chi connectivity index (χ1v) is 9.74. The average molecular weight is 386 g/mol. The second kappa shape index (κ2) is 9.64. The largest absolute Gasteiger partial charge is 0.354 e. The van der Waals surface area contributed by atoms with E-state index in [-0.39, 0.29) is 12.1 Å². The maximum Gasteiger partial charge on any atom is 0.191 e. The zero-order valence-corrected chi connectivity index (χ0v) is 16.5. The highest BCUT2D eigenvalue weighted by atomic mass is 19.1. The second-order valence-corrected chi connectivity index (χ2v) is 7.33. The van der Waals surface area contributed by atoms with Crippen LogP contribution in [-0.2, 0) is 13.1 Å². The molecule has 4 nitrogen and oxygen atoms in total. The maximum absolute atomic E-state index is 13.8. The summed E-state index contributed by atoms with van der Waals surface area (Å²) in [4.78, 5) is 6.72. The monoisotopic (exact) mass is 386 g/mol. The van der Waals surface area contributed by atoms with Crippen molar-refractivity contribution in [3.8, 4) is 0 Å². The van der Waals surface area contributed by atoms with Gasteiger partial charge in [0.2, 0.25) is 0 Å². The van der Waals surface area contributed by atoms with Crippen molar-refractivity contribution >= 4 is 5.96 Å². The Hall–Kier alpha value is -2.47. The molecule has 2 aromatic carbocycles. The molecular weight excluding hydrogens is 358 g/mol. The van der Waals surface area contributed by atoms with E-state index in [2.05, 4.69) is 51.7 Å². The fraction of sp³-hybridized carbons (Fsp3) is 0.409. The van der Waals surface area contributed by atoms with Crippen molar-refractivity contribution in [1.29, 1.82) is 0 Å². The molecule has 2 unspecified atom stereocenters. The summed E-state index contributed by atoms with van der Waals surface area (Å²) in [6.07, 6.45) is 2.01. The number of nitrogens with zero attached hydrogens (tertiary/aromatic N) is 2. The maximum atomic E-state index is 13.8. The number of aliphatic imine (C=N–C) groups is 1.